The number of carboxylic acid groups (broad SMARTS) is 1. The minimum atomic E-state index is -2.53. The molecule has 11 N–H and O–H groups in total. The summed E-state index contributed by atoms with van der Waals surface area (Å²) in [5.74, 6) is 5.40. The number of nitrogens with one attached hydrogen (secondary N) is 2. The molecule has 1 saturated heterocycles. The number of esters is 1. The molecule has 430 valence electrons. The average Bonchev–Trinajstić information content (AvgIpc) is 1.83. The molecule has 18 atom stereocenters. The smallest absolute Gasteiger partial charge is 0.333 e. The van der Waals surface area contributed by atoms with Crippen molar-refractivity contribution < 1.29 is 83.3 Å². The van der Waals surface area contributed by atoms with Crippen LogP contribution in [0.3, 0.4) is 0 Å². The van der Waals surface area contributed by atoms with E-state index in [-0.39, 0.29) is 74.2 Å². The number of aliphatic carboxylic acids is 1. The van der Waals surface area contributed by atoms with Gasteiger partial charge in [-0.25, -0.2) is 0 Å². The van der Waals surface area contributed by atoms with E-state index < -0.39 is 125 Å². The van der Waals surface area contributed by atoms with E-state index in [4.69, 9.17) is 38.9 Å². The number of benzene rings is 3. The zero-order valence-electron chi connectivity index (χ0n) is 44.6. The fourth-order valence-electron chi connectivity index (χ4n) is 17.2. The van der Waals surface area contributed by atoms with Gasteiger partial charge in [0.25, 0.3) is 0 Å². The first-order chi connectivity index (χ1) is 40.1. The molecule has 11 aliphatic rings. The predicted molar refractivity (Wildman–Crippen MR) is 287 cm³/mol. The molecule has 16 rings (SSSR count). The summed E-state index contributed by atoms with van der Waals surface area (Å²) in [5.41, 5.74) is 2.47. The van der Waals surface area contributed by atoms with Crippen LogP contribution in [-0.2, 0) is 37.0 Å². The molecule has 10 heterocycles. The van der Waals surface area contributed by atoms with Crippen molar-refractivity contribution in [1.82, 2.24) is 14.9 Å². The van der Waals surface area contributed by atoms with E-state index in [0.717, 1.165) is 17.2 Å². The van der Waals surface area contributed by atoms with Crippen LogP contribution < -0.4 is 34.7 Å². The molecule has 3 aromatic carbocycles. The van der Waals surface area contributed by atoms with Gasteiger partial charge in [0.1, 0.15) is 61.1 Å². The van der Waals surface area contributed by atoms with Crippen molar-refractivity contribution in [1.29, 1.82) is 0 Å². The largest absolute Gasteiger partial charge is 0.487 e. The monoisotopic (exact) mass is 1130 g/mol. The molecule has 0 radical (unpaired) electrons. The highest BCUT2D eigenvalue weighted by Gasteiger charge is 2.80. The number of aliphatic hydroxyl groups excluding tert-OH is 5. The molecule has 3 aliphatic carbocycles. The Bertz CT molecular complexity index is 3730. The van der Waals surface area contributed by atoms with Crippen molar-refractivity contribution >= 4 is 29.1 Å². The van der Waals surface area contributed by atoms with Gasteiger partial charge < -0.3 is 94.3 Å². The van der Waals surface area contributed by atoms with Crippen LogP contribution in [0.25, 0.3) is 10.9 Å². The lowest BCUT2D eigenvalue weighted by molar-refractivity contribution is -0.379. The second-order valence-electron chi connectivity index (χ2n) is 24.1. The summed E-state index contributed by atoms with van der Waals surface area (Å²) in [6.45, 7) is -1.37. The fourth-order valence-corrected chi connectivity index (χ4v) is 17.2. The number of ether oxygens (including phenoxy) is 7. The molecule has 18 unspecified atom stereocenters. The summed E-state index contributed by atoms with van der Waals surface area (Å²) in [5, 5.41) is 88.0. The lowest BCUT2D eigenvalue weighted by Crippen LogP contribution is -2.80. The van der Waals surface area contributed by atoms with E-state index in [9.17, 15) is 50.1 Å². The molecule has 10 bridgehead atoms. The van der Waals surface area contributed by atoms with Gasteiger partial charge in [0.2, 0.25) is 18.0 Å². The third kappa shape index (κ3) is 6.93. The number of H-pyrrole nitrogens is 1. The molecule has 2 aromatic heterocycles. The van der Waals surface area contributed by atoms with Gasteiger partial charge in [-0.05, 0) is 91.8 Å². The Morgan fingerprint density at radius 1 is 0.928 bits per heavy atom. The first-order valence-corrected chi connectivity index (χ1v) is 28.2. The molecule has 3 spiro atoms. The molecule has 21 nitrogen and oxygen atoms in total. The van der Waals surface area contributed by atoms with E-state index >= 15 is 0 Å². The van der Waals surface area contributed by atoms with E-state index in [2.05, 4.69) is 34.0 Å². The Morgan fingerprint density at radius 2 is 1.76 bits per heavy atom. The Morgan fingerprint density at radius 3 is 2.55 bits per heavy atom. The summed E-state index contributed by atoms with van der Waals surface area (Å²) in [4.78, 5) is 44.6. The minimum Gasteiger partial charge on any atom is -0.487 e. The number of aldehydes is 1. The Hall–Kier alpha value is -7.57. The summed E-state index contributed by atoms with van der Waals surface area (Å²) in [6, 6.07) is 16.6. The maximum atomic E-state index is 14.5. The van der Waals surface area contributed by atoms with Gasteiger partial charge in [0, 0.05) is 63.8 Å². The standard InChI is InChI=1S/C62H60N4O17/c63-54-53-61(19-21-65-54)51(71)52(72)62(76)57(83-61)80-41-22-42-44(50-45-35-8-9-40(78-29-69)49(48(35)81-50)77-27-33(70)6-7-34(47(45)79-42)30-4-2-1-3-5-30)37(24-66-23-31-13-20-64-46(31)39(66)26-68)43(41)38-12-16-59(15-11-36(55(73)74)56(75)82-53)32(25-67)10-14-58(59)17-18-60(38,62)28-58/h1-5,8-9,13,19-23,25,32-34,36,38,45,47,50-54,57,64-65,68-72,76H,10,12,14,16-18,24,26-29,63H2,(H,73,74). The third-order valence-corrected chi connectivity index (χ3v) is 20.8. The van der Waals surface area contributed by atoms with Gasteiger partial charge in [-0.15, -0.1) is 0 Å². The molecule has 4 fully saturated rings. The highest BCUT2D eigenvalue weighted by atomic mass is 16.7. The quantitative estimate of drug-likeness (QED) is 0.0351. The number of hydrogen-bond acceptors (Lipinski definition) is 18. The van der Waals surface area contributed by atoms with Crippen LogP contribution in [0.1, 0.15) is 102 Å². The molecule has 83 heavy (non-hydrogen) atoms. The lowest BCUT2D eigenvalue weighted by atomic mass is 9.54. The van der Waals surface area contributed by atoms with E-state index in [1.54, 1.807) is 18.3 Å². The molecule has 8 aliphatic heterocycles. The number of aliphatic hydroxyl groups is 6. The van der Waals surface area contributed by atoms with Gasteiger partial charge in [0.05, 0.1) is 29.7 Å². The Kier molecular flexibility index (Phi) is 11.6. The van der Waals surface area contributed by atoms with Crippen LogP contribution in [0.2, 0.25) is 0 Å². The van der Waals surface area contributed by atoms with Crippen molar-refractivity contribution in [3.8, 4) is 52.4 Å². The lowest BCUT2D eigenvalue weighted by Gasteiger charge is -2.60. The van der Waals surface area contributed by atoms with Crippen LogP contribution in [0.15, 0.2) is 79.3 Å². The number of nitrogens with zero attached hydrogens (tertiary/aromatic N) is 1. The number of carboxylic acids is 1. The first kappa shape index (κ1) is 52.2. The number of carbonyl (C=O) groups is 3. The van der Waals surface area contributed by atoms with Crippen LogP contribution in [0.5, 0.6) is 28.7 Å². The second kappa shape index (κ2) is 18.5. The number of nitrogens with two attached hydrogens (primary N) is 1. The van der Waals surface area contributed by atoms with E-state index in [1.807, 2.05) is 53.2 Å². The van der Waals surface area contributed by atoms with Crippen molar-refractivity contribution in [3.63, 3.8) is 0 Å². The predicted octanol–water partition coefficient (Wildman–Crippen LogP) is 2.96. The molecular weight excluding hydrogens is 1070 g/mol. The van der Waals surface area contributed by atoms with Crippen molar-refractivity contribution in [3.05, 3.63) is 113 Å². The highest BCUT2D eigenvalue weighted by Crippen LogP contribution is 2.78. The summed E-state index contributed by atoms with van der Waals surface area (Å²) in [7, 11) is 0. The SMILES string of the molecule is NC1NC=CC23OC4Oc5cc6c(c(Cn7cc8cc[nH]c8c7CO)c5C5CCC7(C#CC(C(=O)O)C(=O)OC12)C(C=O)CCC71CCC5(C1)C4(O)C(O)C3O)C1Oc2c3ccc(OCO)c2OCC(O)C#CC(c2ccccc2)C(O6)C31. The third-order valence-electron chi connectivity index (χ3n) is 20.8. The Labute approximate surface area is 474 Å². The fraction of sp³-hybridized carbons (Fsp3) is 0.468. The van der Waals surface area contributed by atoms with Crippen LogP contribution in [-0.4, -0.2) is 131 Å². The van der Waals surface area contributed by atoms with Crippen LogP contribution in [0, 0.1) is 51.8 Å². The number of rotatable bonds is 8. The topological polar surface area (TPSA) is 316 Å². The maximum Gasteiger partial charge on any atom is 0.333 e. The zero-order valence-corrected chi connectivity index (χ0v) is 44.6. The molecule has 5 aromatic rings. The maximum absolute atomic E-state index is 14.5. The molecule has 3 saturated carbocycles. The summed E-state index contributed by atoms with van der Waals surface area (Å²) < 4.78 is 49.4. The van der Waals surface area contributed by atoms with Crippen molar-refractivity contribution in [2.24, 2.45) is 33.8 Å². The van der Waals surface area contributed by atoms with Crippen molar-refractivity contribution in [2.75, 3.05) is 13.4 Å². The highest BCUT2D eigenvalue weighted by molar-refractivity contribution is 5.97. The van der Waals surface area contributed by atoms with Crippen LogP contribution >= 0.6 is 0 Å². The van der Waals surface area contributed by atoms with Gasteiger partial charge in [-0.3, -0.25) is 9.59 Å². The van der Waals surface area contributed by atoms with E-state index in [1.165, 1.54) is 12.3 Å². The number of carbonyl (C=O) groups excluding carboxylic acids is 2. The Balaban J connectivity index is 1.04. The molecule has 21 heteroatoms. The average molecular weight is 1130 g/mol. The zero-order chi connectivity index (χ0) is 57.1. The number of hydrogen-bond donors (Lipinski definition) is 10. The second-order valence-corrected chi connectivity index (χ2v) is 24.1. The number of aromatic nitrogens is 2. The van der Waals surface area contributed by atoms with Gasteiger partial charge >= 0.3 is 11.9 Å². The minimum absolute atomic E-state index is 0.0147. The van der Waals surface area contributed by atoms with Gasteiger partial charge in [-0.1, -0.05) is 60.1 Å². The number of aromatic amines is 1. The van der Waals surface area contributed by atoms with Gasteiger partial charge in [0.15, 0.2) is 35.6 Å². The van der Waals surface area contributed by atoms with Crippen molar-refractivity contribution in [2.45, 2.75) is 136 Å². The van der Waals surface area contributed by atoms with Gasteiger partial charge in [-0.2, -0.15) is 0 Å². The summed E-state index contributed by atoms with van der Waals surface area (Å²) >= 11 is 0. The normalized spacial score (nSPS) is 38.8. The van der Waals surface area contributed by atoms with E-state index in [0.29, 0.717) is 52.7 Å². The molecule has 0 amide bonds. The molecular formula is C62H60N4O17. The summed E-state index contributed by atoms with van der Waals surface area (Å²) in [6.07, 6.45) is -3.56. The first-order valence-electron chi connectivity index (χ1n) is 28.2. The van der Waals surface area contributed by atoms with Crippen LogP contribution in [0.4, 0.5) is 0 Å². The number of fused-ring (bicyclic) bond motifs is 9.